The predicted octanol–water partition coefficient (Wildman–Crippen LogP) is 4.19. The zero-order chi connectivity index (χ0) is 19.1. The van der Waals surface area contributed by atoms with E-state index in [2.05, 4.69) is 54.4 Å². The molecule has 1 fully saturated rings. The number of rotatable bonds is 3. The van der Waals surface area contributed by atoms with Gasteiger partial charge in [-0.3, -0.25) is 0 Å². The van der Waals surface area contributed by atoms with Gasteiger partial charge < -0.3 is 10.2 Å². The van der Waals surface area contributed by atoms with Crippen LogP contribution in [0.1, 0.15) is 18.3 Å². The third-order valence-electron chi connectivity index (χ3n) is 5.32. The van der Waals surface area contributed by atoms with Gasteiger partial charge in [0.1, 0.15) is 10.7 Å². The van der Waals surface area contributed by atoms with E-state index in [1.165, 1.54) is 10.9 Å². The van der Waals surface area contributed by atoms with Crippen LogP contribution in [0.3, 0.4) is 0 Å². The molecule has 6 heteroatoms. The highest BCUT2D eigenvalue weighted by molar-refractivity contribution is 7.26. The van der Waals surface area contributed by atoms with Crippen LogP contribution < -0.4 is 10.2 Å². The van der Waals surface area contributed by atoms with Crippen molar-refractivity contribution >= 4 is 37.6 Å². The lowest BCUT2D eigenvalue weighted by Crippen LogP contribution is -2.44. The van der Waals surface area contributed by atoms with Crippen LogP contribution in [0.2, 0.25) is 0 Å². The Morgan fingerprint density at radius 2 is 1.86 bits per heavy atom. The van der Waals surface area contributed by atoms with Crippen LogP contribution in [0.25, 0.3) is 31.7 Å². The molecule has 1 aromatic carbocycles. The van der Waals surface area contributed by atoms with Crippen LogP contribution in [0.5, 0.6) is 0 Å². The van der Waals surface area contributed by atoms with E-state index in [4.69, 9.17) is 15.0 Å². The number of aryl methyl sites for hydroxylation is 2. The number of hydrogen-bond donors (Lipinski definition) is 1. The number of aromatic nitrogens is 3. The van der Waals surface area contributed by atoms with E-state index in [9.17, 15) is 0 Å². The van der Waals surface area contributed by atoms with E-state index >= 15 is 0 Å². The summed E-state index contributed by atoms with van der Waals surface area (Å²) >= 11 is 1.73. The number of thiophene rings is 1. The quantitative estimate of drug-likeness (QED) is 0.569. The van der Waals surface area contributed by atoms with E-state index in [0.717, 1.165) is 70.5 Å². The molecule has 4 aromatic rings. The molecule has 1 N–H and O–H groups in total. The summed E-state index contributed by atoms with van der Waals surface area (Å²) in [4.78, 5) is 18.3. The molecular weight excluding hydrogens is 366 g/mol. The Morgan fingerprint density at radius 1 is 1.07 bits per heavy atom. The lowest BCUT2D eigenvalue weighted by Gasteiger charge is -2.28. The average Bonchev–Trinajstić information content (AvgIpc) is 3.13. The molecule has 3 aromatic heterocycles. The fraction of sp³-hybridized carbons (Fsp3) is 0.318. The maximum atomic E-state index is 5.01. The van der Waals surface area contributed by atoms with Crippen molar-refractivity contribution in [3.05, 3.63) is 47.8 Å². The number of anilines is 1. The summed E-state index contributed by atoms with van der Waals surface area (Å²) in [5, 5.41) is 4.60. The SMILES string of the molecule is CCc1nc(N2CCNCC2)c2sc3nc(-c4ccccc4)cc(C)c3c2n1. The van der Waals surface area contributed by atoms with Gasteiger partial charge in [-0.05, 0) is 18.6 Å². The van der Waals surface area contributed by atoms with Gasteiger partial charge in [-0.15, -0.1) is 11.3 Å². The van der Waals surface area contributed by atoms with E-state index in [0.29, 0.717) is 0 Å². The van der Waals surface area contributed by atoms with Gasteiger partial charge in [0.05, 0.1) is 15.9 Å². The van der Waals surface area contributed by atoms with Gasteiger partial charge in [-0.2, -0.15) is 0 Å². The first-order chi connectivity index (χ1) is 13.7. The number of nitrogens with one attached hydrogen (secondary N) is 1. The summed E-state index contributed by atoms with van der Waals surface area (Å²) in [6, 6.07) is 12.6. The lowest BCUT2D eigenvalue weighted by atomic mass is 10.1. The normalized spacial score (nSPS) is 14.9. The first kappa shape index (κ1) is 17.5. The second kappa shape index (κ2) is 7.11. The maximum absolute atomic E-state index is 5.01. The van der Waals surface area contributed by atoms with Gasteiger partial charge in [-0.25, -0.2) is 15.0 Å². The Balaban J connectivity index is 1.76. The van der Waals surface area contributed by atoms with Gasteiger partial charge >= 0.3 is 0 Å². The van der Waals surface area contributed by atoms with Crippen LogP contribution in [0.15, 0.2) is 36.4 Å². The Morgan fingerprint density at radius 3 is 2.61 bits per heavy atom. The lowest BCUT2D eigenvalue weighted by molar-refractivity contribution is 0.585. The highest BCUT2D eigenvalue weighted by atomic mass is 32.1. The van der Waals surface area contributed by atoms with Crippen molar-refractivity contribution in [3.63, 3.8) is 0 Å². The van der Waals surface area contributed by atoms with Crippen molar-refractivity contribution in [2.24, 2.45) is 0 Å². The van der Waals surface area contributed by atoms with Crippen molar-refractivity contribution in [1.82, 2.24) is 20.3 Å². The Bertz CT molecular complexity index is 1150. The highest BCUT2D eigenvalue weighted by Crippen LogP contribution is 2.39. The van der Waals surface area contributed by atoms with Crippen molar-refractivity contribution in [1.29, 1.82) is 0 Å². The number of pyridine rings is 1. The fourth-order valence-electron chi connectivity index (χ4n) is 3.86. The minimum atomic E-state index is 0.834. The van der Waals surface area contributed by atoms with Crippen LogP contribution >= 0.6 is 11.3 Å². The van der Waals surface area contributed by atoms with Crippen LogP contribution in [-0.2, 0) is 6.42 Å². The summed E-state index contributed by atoms with van der Waals surface area (Å²) in [5.74, 6) is 1.99. The molecule has 142 valence electrons. The number of piperazine rings is 1. The maximum Gasteiger partial charge on any atom is 0.150 e. The van der Waals surface area contributed by atoms with Crippen molar-refractivity contribution in [3.8, 4) is 11.3 Å². The Labute approximate surface area is 168 Å². The van der Waals surface area contributed by atoms with Gasteiger partial charge in [0.2, 0.25) is 0 Å². The third kappa shape index (κ3) is 2.93. The molecule has 0 spiro atoms. The summed E-state index contributed by atoms with van der Waals surface area (Å²) in [5.41, 5.74) is 4.45. The molecule has 0 aliphatic carbocycles. The minimum Gasteiger partial charge on any atom is -0.353 e. The first-order valence-corrected chi connectivity index (χ1v) is 10.7. The monoisotopic (exact) mass is 389 g/mol. The van der Waals surface area contributed by atoms with Gasteiger partial charge in [0.25, 0.3) is 0 Å². The molecule has 0 radical (unpaired) electrons. The molecule has 0 amide bonds. The molecule has 1 saturated heterocycles. The molecule has 0 bridgehead atoms. The molecule has 0 saturated carbocycles. The van der Waals surface area contributed by atoms with E-state index < -0.39 is 0 Å². The van der Waals surface area contributed by atoms with Crippen molar-refractivity contribution < 1.29 is 0 Å². The van der Waals surface area contributed by atoms with Crippen molar-refractivity contribution in [2.75, 3.05) is 31.1 Å². The Hall–Kier alpha value is -2.57. The number of benzene rings is 1. The van der Waals surface area contributed by atoms with Crippen LogP contribution in [0.4, 0.5) is 5.82 Å². The molecule has 1 aliphatic heterocycles. The van der Waals surface area contributed by atoms with Crippen LogP contribution in [-0.4, -0.2) is 41.1 Å². The van der Waals surface area contributed by atoms with Gasteiger partial charge in [-0.1, -0.05) is 37.3 Å². The minimum absolute atomic E-state index is 0.834. The van der Waals surface area contributed by atoms with E-state index in [1.807, 2.05) is 6.07 Å². The zero-order valence-corrected chi connectivity index (χ0v) is 17.0. The molecule has 1 aliphatic rings. The number of nitrogens with zero attached hydrogens (tertiary/aromatic N) is 4. The third-order valence-corrected chi connectivity index (χ3v) is 6.38. The molecule has 5 rings (SSSR count). The molecule has 28 heavy (non-hydrogen) atoms. The van der Waals surface area contributed by atoms with E-state index in [-0.39, 0.29) is 0 Å². The standard InChI is InChI=1S/C22H23N5S/c1-3-17-25-19-18-14(2)13-16(15-7-5-4-6-8-15)24-22(18)28-20(19)21(26-17)27-11-9-23-10-12-27/h4-8,13,23H,3,9-12H2,1-2H3. The van der Waals surface area contributed by atoms with E-state index in [1.54, 1.807) is 11.3 Å². The Kier molecular flexibility index (Phi) is 4.45. The average molecular weight is 390 g/mol. The zero-order valence-electron chi connectivity index (χ0n) is 16.2. The van der Waals surface area contributed by atoms with Crippen LogP contribution in [0, 0.1) is 6.92 Å². The number of hydrogen-bond acceptors (Lipinski definition) is 6. The summed E-state index contributed by atoms with van der Waals surface area (Å²) < 4.78 is 1.16. The smallest absolute Gasteiger partial charge is 0.150 e. The molecule has 0 unspecified atom stereocenters. The molecule has 5 nitrogen and oxygen atoms in total. The van der Waals surface area contributed by atoms with Gasteiger partial charge in [0.15, 0.2) is 5.82 Å². The second-order valence-corrected chi connectivity index (χ2v) is 8.20. The number of fused-ring (bicyclic) bond motifs is 3. The predicted molar refractivity (Wildman–Crippen MR) is 117 cm³/mol. The summed E-state index contributed by atoms with van der Waals surface area (Å²) in [7, 11) is 0. The summed E-state index contributed by atoms with van der Waals surface area (Å²) in [6.45, 7) is 8.23. The van der Waals surface area contributed by atoms with Crippen molar-refractivity contribution in [2.45, 2.75) is 20.3 Å². The van der Waals surface area contributed by atoms with Gasteiger partial charge in [0, 0.05) is 43.5 Å². The first-order valence-electron chi connectivity index (χ1n) is 9.86. The molecular formula is C22H23N5S. The summed E-state index contributed by atoms with van der Waals surface area (Å²) in [6.07, 6.45) is 0.834. The largest absolute Gasteiger partial charge is 0.353 e. The highest BCUT2D eigenvalue weighted by Gasteiger charge is 2.21. The topological polar surface area (TPSA) is 53.9 Å². The molecule has 4 heterocycles. The fourth-order valence-corrected chi connectivity index (χ4v) is 5.06. The second-order valence-electron chi connectivity index (χ2n) is 7.20. The molecule has 0 atom stereocenters.